The van der Waals surface area contributed by atoms with Gasteiger partial charge >= 0.3 is 0 Å². The number of nitrogens with zero attached hydrogens (tertiary/aromatic N) is 1. The standard InChI is InChI=1S/C16H14FNS/c1-12-4-2-3-5-14(12)10-19-11-15-8-16(17)7-6-13(15)9-18/h2-8H,10-11H2,1H3. The van der Waals surface area contributed by atoms with Crippen molar-refractivity contribution < 1.29 is 4.39 Å². The fourth-order valence-corrected chi connectivity index (χ4v) is 2.94. The van der Waals surface area contributed by atoms with Crippen LogP contribution in [0, 0.1) is 24.1 Å². The zero-order valence-corrected chi connectivity index (χ0v) is 11.5. The van der Waals surface area contributed by atoms with E-state index in [0.29, 0.717) is 11.3 Å². The minimum absolute atomic E-state index is 0.287. The van der Waals surface area contributed by atoms with Gasteiger partial charge in [0.2, 0.25) is 0 Å². The van der Waals surface area contributed by atoms with Crippen molar-refractivity contribution in [3.63, 3.8) is 0 Å². The Balaban J connectivity index is 2.02. The average Bonchev–Trinajstić information content (AvgIpc) is 2.41. The van der Waals surface area contributed by atoms with Gasteiger partial charge in [-0.25, -0.2) is 4.39 Å². The third-order valence-electron chi connectivity index (χ3n) is 2.96. The maximum atomic E-state index is 13.2. The fourth-order valence-electron chi connectivity index (χ4n) is 1.83. The van der Waals surface area contributed by atoms with E-state index in [1.807, 2.05) is 12.1 Å². The molecule has 0 atom stereocenters. The highest BCUT2D eigenvalue weighted by atomic mass is 32.2. The molecule has 96 valence electrons. The van der Waals surface area contributed by atoms with Gasteiger partial charge in [0.15, 0.2) is 0 Å². The molecule has 0 bridgehead atoms. The van der Waals surface area contributed by atoms with Gasteiger partial charge in [-0.3, -0.25) is 0 Å². The molecular weight excluding hydrogens is 257 g/mol. The topological polar surface area (TPSA) is 23.8 Å². The van der Waals surface area contributed by atoms with Crippen LogP contribution in [0.2, 0.25) is 0 Å². The monoisotopic (exact) mass is 271 g/mol. The summed E-state index contributed by atoms with van der Waals surface area (Å²) in [4.78, 5) is 0. The molecule has 2 rings (SSSR count). The summed E-state index contributed by atoms with van der Waals surface area (Å²) < 4.78 is 13.2. The highest BCUT2D eigenvalue weighted by molar-refractivity contribution is 7.97. The number of nitriles is 1. The Morgan fingerprint density at radius 2 is 1.84 bits per heavy atom. The maximum absolute atomic E-state index is 13.2. The molecule has 0 saturated carbocycles. The van der Waals surface area contributed by atoms with Crippen molar-refractivity contribution in [2.45, 2.75) is 18.4 Å². The molecular formula is C16H14FNS. The van der Waals surface area contributed by atoms with Crippen LogP contribution in [0.5, 0.6) is 0 Å². The van der Waals surface area contributed by atoms with E-state index in [9.17, 15) is 4.39 Å². The molecule has 0 aromatic heterocycles. The molecule has 0 aliphatic carbocycles. The van der Waals surface area contributed by atoms with E-state index >= 15 is 0 Å². The molecule has 0 saturated heterocycles. The Morgan fingerprint density at radius 1 is 1.11 bits per heavy atom. The van der Waals surface area contributed by atoms with Crippen LogP contribution in [-0.2, 0) is 11.5 Å². The molecule has 0 spiro atoms. The SMILES string of the molecule is Cc1ccccc1CSCc1cc(F)ccc1C#N. The van der Waals surface area contributed by atoms with Crippen LogP contribution in [0.1, 0.15) is 22.3 Å². The van der Waals surface area contributed by atoms with Crippen LogP contribution in [0.15, 0.2) is 42.5 Å². The number of rotatable bonds is 4. The first-order chi connectivity index (χ1) is 9.20. The summed E-state index contributed by atoms with van der Waals surface area (Å²) in [6, 6.07) is 14.6. The van der Waals surface area contributed by atoms with Crippen molar-refractivity contribution in [1.29, 1.82) is 5.26 Å². The Labute approximate surface area is 117 Å². The zero-order valence-electron chi connectivity index (χ0n) is 10.7. The van der Waals surface area contributed by atoms with Gasteiger partial charge in [0.05, 0.1) is 11.6 Å². The molecule has 1 nitrogen and oxygen atoms in total. The molecule has 0 aliphatic heterocycles. The van der Waals surface area contributed by atoms with E-state index in [1.54, 1.807) is 17.8 Å². The van der Waals surface area contributed by atoms with Crippen LogP contribution < -0.4 is 0 Å². The summed E-state index contributed by atoms with van der Waals surface area (Å²) in [7, 11) is 0. The number of hydrogen-bond acceptors (Lipinski definition) is 2. The van der Waals surface area contributed by atoms with Crippen molar-refractivity contribution >= 4 is 11.8 Å². The lowest BCUT2D eigenvalue weighted by Crippen LogP contribution is -1.91. The minimum atomic E-state index is -0.287. The first-order valence-corrected chi connectivity index (χ1v) is 7.17. The average molecular weight is 271 g/mol. The first-order valence-electron chi connectivity index (χ1n) is 6.01. The summed E-state index contributed by atoms with van der Waals surface area (Å²) in [6.07, 6.45) is 0. The van der Waals surface area contributed by atoms with Crippen molar-refractivity contribution in [2.75, 3.05) is 0 Å². The smallest absolute Gasteiger partial charge is 0.123 e. The van der Waals surface area contributed by atoms with Crippen LogP contribution in [0.25, 0.3) is 0 Å². The first kappa shape index (κ1) is 13.6. The Hall–Kier alpha value is -1.79. The molecule has 0 aliphatic rings. The molecule has 2 aromatic rings. The number of hydrogen-bond donors (Lipinski definition) is 0. The molecule has 3 heteroatoms. The molecule has 2 aromatic carbocycles. The molecule has 19 heavy (non-hydrogen) atoms. The summed E-state index contributed by atoms with van der Waals surface area (Å²) in [6.45, 7) is 2.08. The second-order valence-corrected chi connectivity index (χ2v) is 5.32. The van der Waals surface area contributed by atoms with Crippen LogP contribution in [0.4, 0.5) is 4.39 Å². The van der Waals surface area contributed by atoms with Gasteiger partial charge in [-0.05, 0) is 41.8 Å². The van der Waals surface area contributed by atoms with Gasteiger partial charge in [-0.1, -0.05) is 24.3 Å². The third-order valence-corrected chi connectivity index (χ3v) is 3.99. The van der Waals surface area contributed by atoms with Gasteiger partial charge in [0.1, 0.15) is 5.82 Å². The van der Waals surface area contributed by atoms with Crippen molar-refractivity contribution in [3.8, 4) is 6.07 Å². The Kier molecular flexibility index (Phi) is 4.59. The second kappa shape index (κ2) is 6.40. The lowest BCUT2D eigenvalue weighted by molar-refractivity contribution is 0.626. The van der Waals surface area contributed by atoms with Crippen LogP contribution in [-0.4, -0.2) is 0 Å². The highest BCUT2D eigenvalue weighted by Crippen LogP contribution is 2.22. The lowest BCUT2D eigenvalue weighted by Gasteiger charge is -2.06. The van der Waals surface area contributed by atoms with Crippen molar-refractivity contribution in [2.24, 2.45) is 0 Å². The number of halogens is 1. The number of benzene rings is 2. The maximum Gasteiger partial charge on any atom is 0.123 e. The van der Waals surface area contributed by atoms with E-state index in [0.717, 1.165) is 11.3 Å². The van der Waals surface area contributed by atoms with E-state index in [4.69, 9.17) is 5.26 Å². The highest BCUT2D eigenvalue weighted by Gasteiger charge is 2.05. The summed E-state index contributed by atoms with van der Waals surface area (Å²) in [5.41, 5.74) is 3.86. The predicted molar refractivity (Wildman–Crippen MR) is 77.3 cm³/mol. The Bertz CT molecular complexity index is 616. The predicted octanol–water partition coefficient (Wildman–Crippen LogP) is 4.44. The summed E-state index contributed by atoms with van der Waals surface area (Å²) in [5, 5.41) is 8.99. The minimum Gasteiger partial charge on any atom is -0.207 e. The van der Waals surface area contributed by atoms with Gasteiger partial charge in [-0.15, -0.1) is 0 Å². The molecule has 0 fully saturated rings. The van der Waals surface area contributed by atoms with E-state index in [2.05, 4.69) is 25.1 Å². The van der Waals surface area contributed by atoms with Gasteiger partial charge in [0.25, 0.3) is 0 Å². The fraction of sp³-hybridized carbons (Fsp3) is 0.188. The summed E-state index contributed by atoms with van der Waals surface area (Å²) in [5.74, 6) is 1.23. The van der Waals surface area contributed by atoms with Gasteiger partial charge in [0, 0.05) is 11.5 Å². The third kappa shape index (κ3) is 3.59. The molecule has 0 unspecified atom stereocenters. The van der Waals surface area contributed by atoms with Crippen molar-refractivity contribution in [3.05, 3.63) is 70.5 Å². The molecule has 0 amide bonds. The second-order valence-electron chi connectivity index (χ2n) is 4.33. The quantitative estimate of drug-likeness (QED) is 0.821. The molecule has 0 heterocycles. The van der Waals surface area contributed by atoms with Gasteiger partial charge < -0.3 is 0 Å². The summed E-state index contributed by atoms with van der Waals surface area (Å²) >= 11 is 1.69. The van der Waals surface area contributed by atoms with Crippen molar-refractivity contribution in [1.82, 2.24) is 0 Å². The largest absolute Gasteiger partial charge is 0.207 e. The Morgan fingerprint density at radius 3 is 2.58 bits per heavy atom. The van der Waals surface area contributed by atoms with E-state index < -0.39 is 0 Å². The lowest BCUT2D eigenvalue weighted by atomic mass is 10.1. The normalized spacial score (nSPS) is 10.2. The number of thioether (sulfide) groups is 1. The van der Waals surface area contributed by atoms with Crippen LogP contribution in [0.3, 0.4) is 0 Å². The van der Waals surface area contributed by atoms with Gasteiger partial charge in [-0.2, -0.15) is 17.0 Å². The molecule has 0 N–H and O–H groups in total. The van der Waals surface area contributed by atoms with E-state index in [-0.39, 0.29) is 5.82 Å². The number of aryl methyl sites for hydroxylation is 1. The van der Waals surface area contributed by atoms with E-state index in [1.165, 1.54) is 23.3 Å². The van der Waals surface area contributed by atoms with Crippen LogP contribution >= 0.6 is 11.8 Å². The molecule has 0 radical (unpaired) electrons. The zero-order chi connectivity index (χ0) is 13.7.